The number of aliphatic hydroxyl groups is 1. The summed E-state index contributed by atoms with van der Waals surface area (Å²) < 4.78 is 11.6. The van der Waals surface area contributed by atoms with Gasteiger partial charge in [-0.1, -0.05) is 18.9 Å². The average molecular weight is 329 g/mol. The maximum atomic E-state index is 10.8. The molecule has 1 aliphatic rings. The normalized spacial score (nSPS) is 27.3. The van der Waals surface area contributed by atoms with Gasteiger partial charge in [0, 0.05) is 13.5 Å². The zero-order chi connectivity index (χ0) is 13.9. The number of hydrogen-bond donors (Lipinski definition) is 1. The molecule has 0 aromatic heterocycles. The molecule has 1 aromatic carbocycles. The third-order valence-electron chi connectivity index (χ3n) is 3.94. The van der Waals surface area contributed by atoms with E-state index in [1.165, 1.54) is 0 Å². The Morgan fingerprint density at radius 3 is 2.79 bits per heavy atom. The van der Waals surface area contributed by atoms with Crippen molar-refractivity contribution in [2.24, 2.45) is 0 Å². The van der Waals surface area contributed by atoms with Gasteiger partial charge in [-0.05, 0) is 46.5 Å². The summed E-state index contributed by atoms with van der Waals surface area (Å²) in [7, 11) is 3.33. The molecule has 1 N–H and O–H groups in total. The molecule has 1 aromatic rings. The predicted octanol–water partition coefficient (Wildman–Crippen LogP) is 3.32. The van der Waals surface area contributed by atoms with Crippen molar-refractivity contribution in [2.75, 3.05) is 14.2 Å². The Balaban J connectivity index is 2.16. The number of methoxy groups -OCH3 is 2. The van der Waals surface area contributed by atoms with E-state index >= 15 is 0 Å². The van der Waals surface area contributed by atoms with Crippen LogP contribution in [0, 0.1) is 0 Å². The van der Waals surface area contributed by atoms with Gasteiger partial charge in [0.25, 0.3) is 0 Å². The quantitative estimate of drug-likeness (QED) is 0.921. The van der Waals surface area contributed by atoms with Gasteiger partial charge in [0.2, 0.25) is 0 Å². The Morgan fingerprint density at radius 2 is 2.16 bits per heavy atom. The maximum absolute atomic E-state index is 10.8. The van der Waals surface area contributed by atoms with Crippen molar-refractivity contribution in [1.82, 2.24) is 0 Å². The Kier molecular flexibility index (Phi) is 4.87. The van der Waals surface area contributed by atoms with Crippen LogP contribution in [0.1, 0.15) is 31.2 Å². The van der Waals surface area contributed by atoms with Crippen LogP contribution in [0.25, 0.3) is 0 Å². The fourth-order valence-electron chi connectivity index (χ4n) is 2.90. The molecule has 0 saturated heterocycles. The SMILES string of the molecule is COc1ccc(CC2(O)CCCCC2OC)cc1Br. The van der Waals surface area contributed by atoms with Crippen LogP contribution in [-0.2, 0) is 11.2 Å². The minimum Gasteiger partial charge on any atom is -0.496 e. The van der Waals surface area contributed by atoms with Crippen molar-refractivity contribution in [3.05, 3.63) is 28.2 Å². The van der Waals surface area contributed by atoms with Gasteiger partial charge in [0.1, 0.15) is 5.75 Å². The Hall–Kier alpha value is -0.580. The zero-order valence-corrected chi connectivity index (χ0v) is 13.1. The summed E-state index contributed by atoms with van der Waals surface area (Å²) >= 11 is 3.48. The van der Waals surface area contributed by atoms with Gasteiger partial charge in [-0.25, -0.2) is 0 Å². The van der Waals surface area contributed by atoms with Crippen LogP contribution in [0.4, 0.5) is 0 Å². The van der Waals surface area contributed by atoms with E-state index in [9.17, 15) is 5.11 Å². The van der Waals surface area contributed by atoms with Crippen molar-refractivity contribution < 1.29 is 14.6 Å². The second kappa shape index (κ2) is 6.25. The molecule has 1 aliphatic carbocycles. The molecule has 1 saturated carbocycles. The average Bonchev–Trinajstić information content (AvgIpc) is 2.39. The highest BCUT2D eigenvalue weighted by Crippen LogP contribution is 2.35. The predicted molar refractivity (Wildman–Crippen MR) is 78.6 cm³/mol. The molecule has 2 atom stereocenters. The molecule has 0 amide bonds. The highest BCUT2D eigenvalue weighted by molar-refractivity contribution is 9.10. The summed E-state index contributed by atoms with van der Waals surface area (Å²) in [5.41, 5.74) is 0.347. The minimum absolute atomic E-state index is 0.0675. The van der Waals surface area contributed by atoms with E-state index in [1.54, 1.807) is 14.2 Å². The van der Waals surface area contributed by atoms with Crippen LogP contribution in [-0.4, -0.2) is 31.0 Å². The number of ether oxygens (including phenoxy) is 2. The van der Waals surface area contributed by atoms with Gasteiger partial charge in [0.15, 0.2) is 0 Å². The number of rotatable bonds is 4. The summed E-state index contributed by atoms with van der Waals surface area (Å²) in [4.78, 5) is 0. The first kappa shape index (κ1) is 14.8. The van der Waals surface area contributed by atoms with Crippen molar-refractivity contribution in [3.8, 4) is 5.75 Å². The maximum Gasteiger partial charge on any atom is 0.133 e. The largest absolute Gasteiger partial charge is 0.496 e. The van der Waals surface area contributed by atoms with Crippen molar-refractivity contribution in [3.63, 3.8) is 0 Å². The number of hydrogen-bond acceptors (Lipinski definition) is 3. The van der Waals surface area contributed by atoms with E-state index in [0.717, 1.165) is 41.5 Å². The van der Waals surface area contributed by atoms with Gasteiger partial charge in [0.05, 0.1) is 23.3 Å². The van der Waals surface area contributed by atoms with Crippen LogP contribution in [0.5, 0.6) is 5.75 Å². The summed E-state index contributed by atoms with van der Waals surface area (Å²) in [6, 6.07) is 5.94. The van der Waals surface area contributed by atoms with Crippen molar-refractivity contribution >= 4 is 15.9 Å². The fraction of sp³-hybridized carbons (Fsp3) is 0.600. The molecule has 19 heavy (non-hydrogen) atoms. The Labute approximate surface area is 123 Å². The number of benzene rings is 1. The molecule has 0 heterocycles. The molecular formula is C15H21BrO3. The summed E-state index contributed by atoms with van der Waals surface area (Å²) in [5, 5.41) is 10.8. The van der Waals surface area contributed by atoms with Gasteiger partial charge in [-0.2, -0.15) is 0 Å². The molecule has 0 radical (unpaired) electrons. The van der Waals surface area contributed by atoms with Crippen LogP contribution in [0.3, 0.4) is 0 Å². The summed E-state index contributed by atoms with van der Waals surface area (Å²) in [6.45, 7) is 0. The molecule has 3 nitrogen and oxygen atoms in total. The Bertz CT molecular complexity index is 435. The molecule has 0 aliphatic heterocycles. The molecule has 2 rings (SSSR count). The van der Waals surface area contributed by atoms with Gasteiger partial charge in [-0.15, -0.1) is 0 Å². The first-order chi connectivity index (χ1) is 9.09. The Morgan fingerprint density at radius 1 is 1.37 bits per heavy atom. The van der Waals surface area contributed by atoms with E-state index in [0.29, 0.717) is 6.42 Å². The van der Waals surface area contributed by atoms with Crippen LogP contribution < -0.4 is 4.74 Å². The van der Waals surface area contributed by atoms with Crippen LogP contribution in [0.15, 0.2) is 22.7 Å². The molecule has 0 spiro atoms. The third kappa shape index (κ3) is 3.30. The lowest BCUT2D eigenvalue weighted by molar-refractivity contribution is -0.116. The molecule has 0 bridgehead atoms. The van der Waals surface area contributed by atoms with Gasteiger partial charge in [-0.3, -0.25) is 0 Å². The first-order valence-electron chi connectivity index (χ1n) is 6.66. The van der Waals surface area contributed by atoms with Gasteiger partial charge >= 0.3 is 0 Å². The van der Waals surface area contributed by atoms with E-state index in [1.807, 2.05) is 18.2 Å². The highest BCUT2D eigenvalue weighted by atomic mass is 79.9. The monoisotopic (exact) mass is 328 g/mol. The zero-order valence-electron chi connectivity index (χ0n) is 11.5. The fourth-order valence-corrected chi connectivity index (χ4v) is 3.49. The summed E-state index contributed by atoms with van der Waals surface area (Å²) in [5.74, 6) is 0.808. The van der Waals surface area contributed by atoms with E-state index < -0.39 is 5.60 Å². The lowest BCUT2D eigenvalue weighted by atomic mass is 9.78. The molecular weight excluding hydrogens is 308 g/mol. The molecule has 106 valence electrons. The molecule has 2 unspecified atom stereocenters. The molecule has 4 heteroatoms. The smallest absolute Gasteiger partial charge is 0.133 e. The van der Waals surface area contributed by atoms with E-state index in [4.69, 9.17) is 9.47 Å². The summed E-state index contributed by atoms with van der Waals surface area (Å²) in [6.07, 6.45) is 4.48. The topological polar surface area (TPSA) is 38.7 Å². The first-order valence-corrected chi connectivity index (χ1v) is 7.46. The van der Waals surface area contributed by atoms with Crippen molar-refractivity contribution in [2.45, 2.75) is 43.8 Å². The van der Waals surface area contributed by atoms with Gasteiger partial charge < -0.3 is 14.6 Å². The van der Waals surface area contributed by atoms with Crippen molar-refractivity contribution in [1.29, 1.82) is 0 Å². The number of halogens is 1. The van der Waals surface area contributed by atoms with E-state index in [2.05, 4.69) is 15.9 Å². The lowest BCUT2D eigenvalue weighted by Gasteiger charge is -2.39. The van der Waals surface area contributed by atoms with Crippen LogP contribution in [0.2, 0.25) is 0 Å². The molecule has 1 fully saturated rings. The van der Waals surface area contributed by atoms with E-state index in [-0.39, 0.29) is 6.10 Å². The second-order valence-corrected chi connectivity index (χ2v) is 6.07. The standard InChI is InChI=1S/C15H21BrO3/c1-18-13-7-6-11(9-12(13)16)10-15(17)8-4-3-5-14(15)19-2/h6-7,9,14,17H,3-5,8,10H2,1-2H3. The minimum atomic E-state index is -0.749. The van der Waals surface area contributed by atoms with Crippen LogP contribution >= 0.6 is 15.9 Å². The lowest BCUT2D eigenvalue weighted by Crippen LogP contribution is -2.47. The second-order valence-electron chi connectivity index (χ2n) is 5.22. The third-order valence-corrected chi connectivity index (χ3v) is 4.56. The highest BCUT2D eigenvalue weighted by Gasteiger charge is 2.39.